The largest absolute Gasteiger partial charge is 0.351 e. The molecule has 0 aliphatic carbocycles. The average molecular weight is 319 g/mol. The van der Waals surface area contributed by atoms with Crippen LogP contribution in [0, 0.1) is 5.92 Å². The van der Waals surface area contributed by atoms with E-state index < -0.39 is 6.23 Å². The van der Waals surface area contributed by atoms with Crippen molar-refractivity contribution in [1.82, 2.24) is 5.06 Å². The number of carbonyl (C=O) groups is 1. The van der Waals surface area contributed by atoms with Gasteiger partial charge in [0.1, 0.15) is 0 Å². The van der Waals surface area contributed by atoms with Crippen molar-refractivity contribution < 1.29 is 14.4 Å². The van der Waals surface area contributed by atoms with Crippen LogP contribution in [0.2, 0.25) is 0 Å². The number of unbranched alkanes of at least 4 members (excludes halogenated alkanes) is 4. The molecule has 1 aliphatic heterocycles. The highest BCUT2D eigenvalue weighted by atomic mass is 16.7. The Bertz CT molecular complexity index is 501. The van der Waals surface area contributed by atoms with Gasteiger partial charge in [0.25, 0.3) is 5.91 Å². The van der Waals surface area contributed by atoms with Gasteiger partial charge < -0.3 is 4.74 Å². The van der Waals surface area contributed by atoms with E-state index in [4.69, 9.17) is 9.57 Å². The van der Waals surface area contributed by atoms with Gasteiger partial charge in [0.05, 0.1) is 13.2 Å². The van der Waals surface area contributed by atoms with Crippen LogP contribution in [-0.2, 0) is 9.57 Å². The van der Waals surface area contributed by atoms with Crippen LogP contribution >= 0.6 is 0 Å². The van der Waals surface area contributed by atoms with E-state index in [1.54, 1.807) is 0 Å². The van der Waals surface area contributed by atoms with E-state index in [0.29, 0.717) is 24.7 Å². The van der Waals surface area contributed by atoms with E-state index in [1.807, 2.05) is 24.3 Å². The van der Waals surface area contributed by atoms with Gasteiger partial charge in [-0.1, -0.05) is 64.7 Å². The van der Waals surface area contributed by atoms with Gasteiger partial charge in [-0.3, -0.25) is 9.63 Å². The minimum atomic E-state index is -0.420. The molecule has 1 aliphatic rings. The van der Waals surface area contributed by atoms with Gasteiger partial charge in [-0.05, 0) is 18.4 Å². The number of rotatable bonds is 10. The Balaban J connectivity index is 1.94. The van der Waals surface area contributed by atoms with E-state index in [9.17, 15) is 4.79 Å². The highest BCUT2D eigenvalue weighted by Crippen LogP contribution is 2.34. The molecule has 1 aromatic carbocycles. The summed E-state index contributed by atoms with van der Waals surface area (Å²) in [4.78, 5) is 18.3. The maximum Gasteiger partial charge on any atom is 0.280 e. The lowest BCUT2D eigenvalue weighted by molar-refractivity contribution is -0.218. The Hall–Kier alpha value is -1.39. The molecule has 1 aromatic rings. The van der Waals surface area contributed by atoms with Crippen LogP contribution < -0.4 is 0 Å². The molecule has 23 heavy (non-hydrogen) atoms. The monoisotopic (exact) mass is 319 g/mol. The number of nitrogens with zero attached hydrogens (tertiary/aromatic N) is 1. The molecule has 0 aromatic heterocycles. The summed E-state index contributed by atoms with van der Waals surface area (Å²) in [5, 5.41) is 1.42. The maximum atomic E-state index is 12.5. The van der Waals surface area contributed by atoms with Crippen molar-refractivity contribution in [2.45, 2.75) is 59.1 Å². The van der Waals surface area contributed by atoms with Crippen molar-refractivity contribution in [3.05, 3.63) is 35.4 Å². The first-order chi connectivity index (χ1) is 11.1. The fraction of sp³-hybridized carbons (Fsp3) is 0.632. The third-order valence-electron chi connectivity index (χ3n) is 3.94. The summed E-state index contributed by atoms with van der Waals surface area (Å²) in [5.41, 5.74) is 1.59. The fourth-order valence-electron chi connectivity index (χ4n) is 2.69. The van der Waals surface area contributed by atoms with Gasteiger partial charge in [-0.25, -0.2) is 0 Å². The molecule has 2 rings (SSSR count). The summed E-state index contributed by atoms with van der Waals surface area (Å²) in [6.45, 7) is 7.56. The highest BCUT2D eigenvalue weighted by molar-refractivity contribution is 5.98. The van der Waals surface area contributed by atoms with E-state index in [0.717, 1.165) is 18.4 Å². The molecule has 128 valence electrons. The van der Waals surface area contributed by atoms with Crippen molar-refractivity contribution in [3.8, 4) is 0 Å². The van der Waals surface area contributed by atoms with Crippen LogP contribution in [0.4, 0.5) is 0 Å². The summed E-state index contributed by atoms with van der Waals surface area (Å²) < 4.78 is 5.95. The second-order valence-corrected chi connectivity index (χ2v) is 6.55. The SMILES string of the molecule is CCCCCCCON1C(=O)c2ccccc2C1OCC(C)C. The normalized spacial score (nSPS) is 17.1. The molecule has 0 radical (unpaired) electrons. The third kappa shape index (κ3) is 4.79. The van der Waals surface area contributed by atoms with Crippen LogP contribution in [0.3, 0.4) is 0 Å². The lowest BCUT2D eigenvalue weighted by Crippen LogP contribution is -2.31. The van der Waals surface area contributed by atoms with Crippen molar-refractivity contribution in [2.24, 2.45) is 5.92 Å². The average Bonchev–Trinajstić information content (AvgIpc) is 2.81. The quantitative estimate of drug-likeness (QED) is 0.586. The van der Waals surface area contributed by atoms with Crippen molar-refractivity contribution in [2.75, 3.05) is 13.2 Å². The Morgan fingerprint density at radius 2 is 1.87 bits per heavy atom. The number of hydroxylamine groups is 2. The molecule has 0 spiro atoms. The Kier molecular flexibility index (Phi) is 7.06. The second-order valence-electron chi connectivity index (χ2n) is 6.55. The van der Waals surface area contributed by atoms with Gasteiger partial charge in [0.2, 0.25) is 0 Å². The molecule has 0 bridgehead atoms. The molecule has 0 fully saturated rings. The smallest absolute Gasteiger partial charge is 0.280 e. The lowest BCUT2D eigenvalue weighted by Gasteiger charge is -2.25. The molecule has 4 heteroatoms. The number of amides is 1. The minimum absolute atomic E-state index is 0.0945. The molecule has 1 heterocycles. The summed E-state index contributed by atoms with van der Waals surface area (Å²) in [5.74, 6) is 0.316. The van der Waals surface area contributed by atoms with E-state index >= 15 is 0 Å². The van der Waals surface area contributed by atoms with Crippen LogP contribution in [-0.4, -0.2) is 24.2 Å². The third-order valence-corrected chi connectivity index (χ3v) is 3.94. The van der Waals surface area contributed by atoms with Gasteiger partial charge >= 0.3 is 0 Å². The summed E-state index contributed by atoms with van der Waals surface area (Å²) in [6, 6.07) is 7.60. The summed E-state index contributed by atoms with van der Waals surface area (Å²) >= 11 is 0. The second kappa shape index (κ2) is 9.04. The number of hydrogen-bond donors (Lipinski definition) is 0. The Morgan fingerprint density at radius 1 is 1.13 bits per heavy atom. The van der Waals surface area contributed by atoms with Crippen LogP contribution in [0.5, 0.6) is 0 Å². The fourth-order valence-corrected chi connectivity index (χ4v) is 2.69. The number of hydrogen-bond acceptors (Lipinski definition) is 3. The zero-order valence-corrected chi connectivity index (χ0v) is 14.6. The molecule has 4 nitrogen and oxygen atoms in total. The van der Waals surface area contributed by atoms with Crippen molar-refractivity contribution in [3.63, 3.8) is 0 Å². The zero-order valence-electron chi connectivity index (χ0n) is 14.6. The molecule has 0 saturated heterocycles. The zero-order chi connectivity index (χ0) is 16.7. The molecular weight excluding hydrogens is 290 g/mol. The molecule has 1 atom stereocenters. The van der Waals surface area contributed by atoms with Gasteiger partial charge in [0, 0.05) is 11.1 Å². The van der Waals surface area contributed by atoms with Crippen molar-refractivity contribution in [1.29, 1.82) is 0 Å². The predicted octanol–water partition coefficient (Wildman–Crippen LogP) is 4.72. The Morgan fingerprint density at radius 3 is 2.61 bits per heavy atom. The number of carbonyl (C=O) groups excluding carboxylic acids is 1. The van der Waals surface area contributed by atoms with Gasteiger partial charge in [0.15, 0.2) is 6.23 Å². The molecule has 1 amide bonds. The topological polar surface area (TPSA) is 38.8 Å². The highest BCUT2D eigenvalue weighted by Gasteiger charge is 2.38. The minimum Gasteiger partial charge on any atom is -0.351 e. The maximum absolute atomic E-state index is 12.5. The number of benzene rings is 1. The first-order valence-corrected chi connectivity index (χ1v) is 8.82. The van der Waals surface area contributed by atoms with E-state index in [1.165, 1.54) is 24.3 Å². The number of ether oxygens (including phenoxy) is 1. The van der Waals surface area contributed by atoms with Crippen molar-refractivity contribution >= 4 is 5.91 Å². The van der Waals surface area contributed by atoms with Gasteiger partial charge in [-0.2, -0.15) is 5.06 Å². The lowest BCUT2D eigenvalue weighted by atomic mass is 10.1. The number of fused-ring (bicyclic) bond motifs is 1. The first kappa shape index (κ1) is 18.0. The standard InChI is InChI=1S/C19H29NO3/c1-4-5-6-7-10-13-23-20-18(21)16-11-8-9-12-17(16)19(20)22-14-15(2)3/h8-9,11-12,15,19H,4-7,10,13-14H2,1-3H3. The molecule has 0 saturated carbocycles. The van der Waals surface area contributed by atoms with E-state index in [-0.39, 0.29) is 5.91 Å². The molecular formula is C19H29NO3. The van der Waals surface area contributed by atoms with Gasteiger partial charge in [-0.15, -0.1) is 0 Å². The molecule has 0 N–H and O–H groups in total. The van der Waals surface area contributed by atoms with Crippen LogP contribution in [0.25, 0.3) is 0 Å². The van der Waals surface area contributed by atoms with E-state index in [2.05, 4.69) is 20.8 Å². The Labute approximate surface area is 139 Å². The van der Waals surface area contributed by atoms with Crippen LogP contribution in [0.15, 0.2) is 24.3 Å². The van der Waals surface area contributed by atoms with Crippen LogP contribution in [0.1, 0.15) is 75.0 Å². The summed E-state index contributed by atoms with van der Waals surface area (Å²) in [7, 11) is 0. The first-order valence-electron chi connectivity index (χ1n) is 8.82. The predicted molar refractivity (Wildman–Crippen MR) is 90.9 cm³/mol. The molecule has 1 unspecified atom stereocenters. The summed E-state index contributed by atoms with van der Waals surface area (Å²) in [6.07, 6.45) is 5.40.